The number of piperidine rings is 2. The van der Waals surface area contributed by atoms with Gasteiger partial charge in [0.1, 0.15) is 17.9 Å². The van der Waals surface area contributed by atoms with Gasteiger partial charge < -0.3 is 29.0 Å². The molecule has 0 radical (unpaired) electrons. The zero-order valence-corrected chi connectivity index (χ0v) is 34.2. The highest BCUT2D eigenvalue weighted by atomic mass is 16.5. The van der Waals surface area contributed by atoms with Crippen LogP contribution >= 0.6 is 0 Å². The molecule has 1 N–H and O–H groups in total. The van der Waals surface area contributed by atoms with Crippen LogP contribution in [-0.2, 0) is 23.0 Å². The van der Waals surface area contributed by atoms with Crippen molar-refractivity contribution >= 4 is 45.2 Å². The Morgan fingerprint density at radius 3 is 2.46 bits per heavy atom. The summed E-state index contributed by atoms with van der Waals surface area (Å²) >= 11 is 0. The first-order chi connectivity index (χ1) is 29.8. The smallest absolute Gasteiger partial charge is 0.262 e. The van der Waals surface area contributed by atoms with E-state index in [9.17, 15) is 14.4 Å². The molecule has 3 fully saturated rings. The zero-order valence-electron chi connectivity index (χ0n) is 34.2. The fraction of sp³-hybridized carbons (Fsp3) is 0.327. The number of carbonyl (C=O) groups excluding carboxylic acids is 3. The predicted molar refractivity (Wildman–Crippen MR) is 233 cm³/mol. The van der Waals surface area contributed by atoms with E-state index in [1.54, 1.807) is 18.2 Å². The number of fused-ring (bicyclic) bond motifs is 4. The molecule has 1 atom stereocenters. The normalized spacial score (nSPS) is 20.6. The standard InChI is InChI=1S/C49H48N6O6/c1-30-8-14-44(47(56)52-30)55-48(57)40-13-11-36(27-41(40)49(55)58)59-22-4-6-31-5-3-7-34(23-31)54-20-17-35(18-21-54)60-37-25-38(26-37)61-46-15-10-33(28-51-46)32-9-12-39-42-29-50-19-16-43(42)53(2)45(39)24-32/h3,5,7,9-13,15-16,19,23-24,27-29,35,37-38,44H,1,4,6,8,14,17-18,20-22,25-26H2,2H3,(H,52,56). The van der Waals surface area contributed by atoms with Crippen molar-refractivity contribution in [1.82, 2.24) is 24.8 Å². The molecule has 6 heterocycles. The second-order valence-corrected chi connectivity index (χ2v) is 16.7. The minimum atomic E-state index is -0.835. The Kier molecular flexibility index (Phi) is 10.2. The molecule has 12 nitrogen and oxygen atoms in total. The predicted octanol–water partition coefficient (Wildman–Crippen LogP) is 7.78. The number of amides is 3. The molecule has 6 aromatic rings. The Balaban J connectivity index is 0.648. The number of carbonyl (C=O) groups is 3. The molecule has 3 aromatic heterocycles. The maximum absolute atomic E-state index is 13.2. The third-order valence-electron chi connectivity index (χ3n) is 12.7. The van der Waals surface area contributed by atoms with Crippen molar-refractivity contribution in [3.8, 4) is 22.8 Å². The van der Waals surface area contributed by atoms with Crippen LogP contribution in [0.25, 0.3) is 32.9 Å². The van der Waals surface area contributed by atoms with Crippen LogP contribution in [0.5, 0.6) is 11.6 Å². The monoisotopic (exact) mass is 816 g/mol. The number of imide groups is 1. The van der Waals surface area contributed by atoms with Crippen LogP contribution in [0.2, 0.25) is 0 Å². The highest BCUT2D eigenvalue weighted by Crippen LogP contribution is 2.35. The van der Waals surface area contributed by atoms with Gasteiger partial charge in [-0.1, -0.05) is 30.8 Å². The van der Waals surface area contributed by atoms with Crippen molar-refractivity contribution < 1.29 is 28.6 Å². The number of nitrogens with zero attached hydrogens (tertiary/aromatic N) is 5. The van der Waals surface area contributed by atoms with E-state index in [2.05, 4.69) is 93.0 Å². The molecule has 61 heavy (non-hydrogen) atoms. The number of allylic oxidation sites excluding steroid dienone is 1. The van der Waals surface area contributed by atoms with Crippen LogP contribution in [-0.4, -0.2) is 81.2 Å². The number of hydrogen-bond acceptors (Lipinski definition) is 9. The van der Waals surface area contributed by atoms with E-state index in [-0.39, 0.29) is 29.8 Å². The lowest BCUT2D eigenvalue weighted by molar-refractivity contribution is -0.125. The number of nitrogens with one attached hydrogen (secondary N) is 1. The quantitative estimate of drug-likeness (QED) is 0.0973. The van der Waals surface area contributed by atoms with Crippen molar-refractivity contribution in [2.24, 2.45) is 7.05 Å². The number of pyridine rings is 2. The second kappa shape index (κ2) is 16.2. The summed E-state index contributed by atoms with van der Waals surface area (Å²) in [5, 5.41) is 5.02. The molecular formula is C49H48N6O6. The number of hydrogen-bond donors (Lipinski definition) is 1. The highest BCUT2D eigenvalue weighted by Gasteiger charge is 2.44. The van der Waals surface area contributed by atoms with E-state index < -0.39 is 17.9 Å². The maximum Gasteiger partial charge on any atom is 0.262 e. The lowest BCUT2D eigenvalue weighted by atomic mass is 9.91. The third kappa shape index (κ3) is 7.61. The van der Waals surface area contributed by atoms with Gasteiger partial charge in [-0.15, -0.1) is 0 Å². The lowest BCUT2D eigenvalue weighted by Gasteiger charge is -2.40. The lowest BCUT2D eigenvalue weighted by Crippen LogP contribution is -2.51. The molecule has 3 amide bonds. The van der Waals surface area contributed by atoms with E-state index in [1.165, 1.54) is 27.7 Å². The summed E-state index contributed by atoms with van der Waals surface area (Å²) < 4.78 is 21.0. The Hall–Kier alpha value is -6.53. The van der Waals surface area contributed by atoms with Gasteiger partial charge in [-0.2, -0.15) is 0 Å². The largest absolute Gasteiger partial charge is 0.494 e. The van der Waals surface area contributed by atoms with Gasteiger partial charge in [0.25, 0.3) is 11.8 Å². The number of aryl methyl sites for hydroxylation is 2. The second-order valence-electron chi connectivity index (χ2n) is 16.7. The summed E-state index contributed by atoms with van der Waals surface area (Å²) in [6.45, 7) is 6.14. The zero-order chi connectivity index (χ0) is 41.6. The molecule has 1 saturated carbocycles. The van der Waals surface area contributed by atoms with Crippen molar-refractivity contribution in [3.63, 3.8) is 0 Å². The first kappa shape index (κ1) is 38.7. The van der Waals surface area contributed by atoms with Gasteiger partial charge in [0, 0.05) is 90.9 Å². The summed E-state index contributed by atoms with van der Waals surface area (Å²) in [5.41, 5.74) is 8.14. The topological polar surface area (TPSA) is 128 Å². The summed E-state index contributed by atoms with van der Waals surface area (Å²) in [5.74, 6) is -0.114. The number of ether oxygens (including phenoxy) is 3. The summed E-state index contributed by atoms with van der Waals surface area (Å²) in [6, 6.07) is 25.4. The van der Waals surface area contributed by atoms with Crippen molar-refractivity contribution in [2.75, 3.05) is 24.6 Å². The van der Waals surface area contributed by atoms with Crippen LogP contribution in [0.15, 0.2) is 110 Å². The van der Waals surface area contributed by atoms with Gasteiger partial charge in [0.2, 0.25) is 11.8 Å². The fourth-order valence-corrected chi connectivity index (χ4v) is 9.27. The van der Waals surface area contributed by atoms with Gasteiger partial charge in [0.15, 0.2) is 0 Å². The SMILES string of the molecule is C=C1CCC(N2C(=O)c3ccc(OCCCc4cccc(N5CCC(OC6CC(Oc7ccc(-c8ccc9c%10cnccc%10n(C)c9c8)cn7)C6)CC5)c4)cc3C2=O)C(=O)N1. The minimum Gasteiger partial charge on any atom is -0.494 e. The third-order valence-corrected chi connectivity index (χ3v) is 12.7. The molecular weight excluding hydrogens is 769 g/mol. The molecule has 2 saturated heterocycles. The number of benzene rings is 3. The molecule has 0 spiro atoms. The number of rotatable bonds is 12. The number of aromatic nitrogens is 3. The van der Waals surface area contributed by atoms with Gasteiger partial charge in [-0.25, -0.2) is 4.98 Å². The van der Waals surface area contributed by atoms with E-state index >= 15 is 0 Å². The highest BCUT2D eigenvalue weighted by molar-refractivity contribution is 6.23. The molecule has 3 aromatic carbocycles. The Morgan fingerprint density at radius 1 is 0.803 bits per heavy atom. The molecule has 310 valence electrons. The van der Waals surface area contributed by atoms with Gasteiger partial charge >= 0.3 is 0 Å². The molecule has 0 bridgehead atoms. The molecule has 1 unspecified atom stereocenters. The van der Waals surface area contributed by atoms with Crippen molar-refractivity contribution in [3.05, 3.63) is 126 Å². The number of anilines is 1. The maximum atomic E-state index is 13.2. The van der Waals surface area contributed by atoms with Crippen molar-refractivity contribution in [1.29, 1.82) is 0 Å². The van der Waals surface area contributed by atoms with Crippen LogP contribution in [0, 0.1) is 0 Å². The molecule has 1 aliphatic carbocycles. The first-order valence-corrected chi connectivity index (χ1v) is 21.3. The molecule has 3 aliphatic heterocycles. The molecule has 12 heteroatoms. The summed E-state index contributed by atoms with van der Waals surface area (Å²) in [4.78, 5) is 51.3. The van der Waals surface area contributed by atoms with E-state index in [1.807, 2.05) is 24.7 Å². The molecule has 4 aliphatic rings. The van der Waals surface area contributed by atoms with E-state index in [0.717, 1.165) is 73.0 Å². The average molecular weight is 817 g/mol. The van der Waals surface area contributed by atoms with Crippen LogP contribution in [0.4, 0.5) is 5.69 Å². The van der Waals surface area contributed by atoms with E-state index in [4.69, 9.17) is 14.2 Å². The Morgan fingerprint density at radius 2 is 1.64 bits per heavy atom. The Labute approximate surface area is 354 Å². The minimum absolute atomic E-state index is 0.116. The van der Waals surface area contributed by atoms with Gasteiger partial charge in [0.05, 0.1) is 35.5 Å². The fourth-order valence-electron chi connectivity index (χ4n) is 9.27. The summed E-state index contributed by atoms with van der Waals surface area (Å²) in [6.07, 6.45) is 12.5. The van der Waals surface area contributed by atoms with Gasteiger partial charge in [-0.3, -0.25) is 24.3 Å². The van der Waals surface area contributed by atoms with Crippen molar-refractivity contribution in [2.45, 2.75) is 75.7 Å². The first-order valence-electron chi connectivity index (χ1n) is 21.3. The van der Waals surface area contributed by atoms with Gasteiger partial charge in [-0.05, 0) is 98.2 Å². The van der Waals surface area contributed by atoms with Crippen LogP contribution in [0.1, 0.15) is 71.2 Å². The Bertz CT molecular complexity index is 2680. The van der Waals surface area contributed by atoms with Crippen LogP contribution in [0.3, 0.4) is 0 Å². The molecule has 10 rings (SSSR count). The average Bonchev–Trinajstić information content (AvgIpc) is 3.69. The van der Waals surface area contributed by atoms with Crippen LogP contribution < -0.4 is 19.7 Å². The summed E-state index contributed by atoms with van der Waals surface area (Å²) in [7, 11) is 2.09. The van der Waals surface area contributed by atoms with E-state index in [0.29, 0.717) is 42.3 Å².